The molecule has 0 N–H and O–H groups in total. The molecule has 4 rings (SSSR count). The van der Waals surface area contributed by atoms with Gasteiger partial charge in [-0.15, -0.1) is 0 Å². The molecule has 0 radical (unpaired) electrons. The quantitative estimate of drug-likeness (QED) is 0.628. The fourth-order valence-corrected chi connectivity index (χ4v) is 4.30. The SMILES string of the molecule is COc1ccc2sc(N3C(=O)[C@H]4CC(C)=CC[C@H]4C3=O)nc2c1. The highest BCUT2D eigenvalue weighted by Gasteiger charge is 2.49. The number of aromatic nitrogens is 1. The lowest BCUT2D eigenvalue weighted by Crippen LogP contribution is -2.30. The summed E-state index contributed by atoms with van der Waals surface area (Å²) in [7, 11) is 1.60. The zero-order valence-corrected chi connectivity index (χ0v) is 13.7. The lowest BCUT2D eigenvalue weighted by atomic mass is 9.82. The van der Waals surface area contributed by atoms with Crippen molar-refractivity contribution in [3.8, 4) is 5.75 Å². The Kier molecular flexibility index (Phi) is 3.23. The Hall–Kier alpha value is -2.21. The van der Waals surface area contributed by atoms with Crippen LogP contribution in [0.25, 0.3) is 10.2 Å². The largest absolute Gasteiger partial charge is 0.497 e. The molecule has 2 heterocycles. The number of nitrogens with zero attached hydrogens (tertiary/aromatic N) is 2. The van der Waals surface area contributed by atoms with Crippen LogP contribution in [0.5, 0.6) is 5.75 Å². The predicted octanol–water partition coefficient (Wildman–Crippen LogP) is 3.15. The van der Waals surface area contributed by atoms with E-state index in [1.54, 1.807) is 7.11 Å². The Morgan fingerprint density at radius 3 is 2.83 bits per heavy atom. The van der Waals surface area contributed by atoms with E-state index >= 15 is 0 Å². The van der Waals surface area contributed by atoms with Crippen molar-refractivity contribution in [2.45, 2.75) is 19.8 Å². The number of hydrogen-bond donors (Lipinski definition) is 0. The highest BCUT2D eigenvalue weighted by atomic mass is 32.1. The minimum absolute atomic E-state index is 0.113. The van der Waals surface area contributed by atoms with E-state index in [4.69, 9.17) is 4.74 Å². The molecule has 1 fully saturated rings. The van der Waals surface area contributed by atoms with Gasteiger partial charge in [-0.2, -0.15) is 0 Å². The summed E-state index contributed by atoms with van der Waals surface area (Å²) in [4.78, 5) is 31.2. The van der Waals surface area contributed by atoms with Crippen LogP contribution >= 0.6 is 11.3 Å². The first kappa shape index (κ1) is 14.4. The molecule has 118 valence electrons. The zero-order chi connectivity index (χ0) is 16.1. The number of methoxy groups -OCH3 is 1. The molecule has 2 amide bonds. The van der Waals surface area contributed by atoms with Crippen LogP contribution in [-0.4, -0.2) is 23.9 Å². The molecule has 23 heavy (non-hydrogen) atoms. The van der Waals surface area contributed by atoms with Gasteiger partial charge in [0.15, 0.2) is 5.13 Å². The fourth-order valence-electron chi connectivity index (χ4n) is 3.34. The molecular formula is C17H16N2O3S. The number of imide groups is 1. The van der Waals surface area contributed by atoms with Crippen LogP contribution in [0.1, 0.15) is 19.8 Å². The molecule has 1 aliphatic heterocycles. The highest BCUT2D eigenvalue weighted by Crippen LogP contribution is 2.41. The smallest absolute Gasteiger partial charge is 0.239 e. The van der Waals surface area contributed by atoms with Gasteiger partial charge < -0.3 is 4.74 Å². The van der Waals surface area contributed by atoms with E-state index in [1.807, 2.05) is 25.1 Å². The first-order chi connectivity index (χ1) is 11.1. The summed E-state index contributed by atoms with van der Waals surface area (Å²) in [5.74, 6) is 0.0250. The van der Waals surface area contributed by atoms with Crippen molar-refractivity contribution in [3.63, 3.8) is 0 Å². The minimum atomic E-state index is -0.229. The molecule has 0 spiro atoms. The maximum Gasteiger partial charge on any atom is 0.239 e. The Labute approximate surface area is 137 Å². The van der Waals surface area contributed by atoms with E-state index < -0.39 is 0 Å². The number of anilines is 1. The predicted molar refractivity (Wildman–Crippen MR) is 88.6 cm³/mol. The summed E-state index contributed by atoms with van der Waals surface area (Å²) < 4.78 is 6.13. The monoisotopic (exact) mass is 328 g/mol. The van der Waals surface area contributed by atoms with Crippen molar-refractivity contribution >= 4 is 38.5 Å². The van der Waals surface area contributed by atoms with Crippen molar-refractivity contribution in [2.24, 2.45) is 11.8 Å². The maximum absolute atomic E-state index is 12.7. The summed E-state index contributed by atoms with van der Waals surface area (Å²) in [6, 6.07) is 5.57. The van der Waals surface area contributed by atoms with Crippen molar-refractivity contribution in [1.82, 2.24) is 4.98 Å². The zero-order valence-electron chi connectivity index (χ0n) is 12.9. The number of carbonyl (C=O) groups is 2. The van der Waals surface area contributed by atoms with Gasteiger partial charge in [0.2, 0.25) is 11.8 Å². The van der Waals surface area contributed by atoms with Crippen LogP contribution in [0.15, 0.2) is 29.8 Å². The van der Waals surface area contributed by atoms with Crippen molar-refractivity contribution in [3.05, 3.63) is 29.8 Å². The minimum Gasteiger partial charge on any atom is -0.497 e. The van der Waals surface area contributed by atoms with Gasteiger partial charge in [-0.3, -0.25) is 9.59 Å². The van der Waals surface area contributed by atoms with Gasteiger partial charge in [0.05, 0.1) is 29.2 Å². The van der Waals surface area contributed by atoms with Crippen molar-refractivity contribution < 1.29 is 14.3 Å². The summed E-state index contributed by atoms with van der Waals surface area (Å²) >= 11 is 1.37. The molecule has 1 aromatic heterocycles. The first-order valence-corrected chi connectivity index (χ1v) is 8.38. The van der Waals surface area contributed by atoms with Gasteiger partial charge >= 0.3 is 0 Å². The van der Waals surface area contributed by atoms with Crippen LogP contribution in [0, 0.1) is 11.8 Å². The molecule has 0 saturated carbocycles. The lowest BCUT2D eigenvalue weighted by Gasteiger charge is -2.18. The summed E-state index contributed by atoms with van der Waals surface area (Å²) in [5.41, 5.74) is 1.93. The van der Waals surface area contributed by atoms with Gasteiger partial charge in [0.1, 0.15) is 5.75 Å². The number of benzene rings is 1. The Morgan fingerprint density at radius 1 is 1.26 bits per heavy atom. The topological polar surface area (TPSA) is 59.5 Å². The third-order valence-corrected chi connectivity index (χ3v) is 5.62. The second-order valence-electron chi connectivity index (χ2n) is 6.05. The first-order valence-electron chi connectivity index (χ1n) is 7.56. The van der Waals surface area contributed by atoms with Crippen LogP contribution in [-0.2, 0) is 9.59 Å². The number of allylic oxidation sites excluding steroid dienone is 2. The number of fused-ring (bicyclic) bond motifs is 2. The van der Waals surface area contributed by atoms with E-state index in [-0.39, 0.29) is 23.7 Å². The number of amides is 2. The van der Waals surface area contributed by atoms with Crippen molar-refractivity contribution in [1.29, 1.82) is 0 Å². The Morgan fingerprint density at radius 2 is 2.04 bits per heavy atom. The molecule has 2 atom stereocenters. The van der Waals surface area contributed by atoms with Crippen LogP contribution in [0.3, 0.4) is 0 Å². The Balaban J connectivity index is 1.73. The molecule has 0 bridgehead atoms. The highest BCUT2D eigenvalue weighted by molar-refractivity contribution is 7.22. The van der Waals surface area contributed by atoms with Crippen LogP contribution in [0.4, 0.5) is 5.13 Å². The third kappa shape index (κ3) is 2.16. The standard InChI is InChI=1S/C17H16N2O3S/c1-9-3-5-11-12(7-9)16(21)19(15(11)20)17-18-13-8-10(22-2)4-6-14(13)23-17/h3-4,6,8,11-12H,5,7H2,1-2H3/t11-,12+/m1/s1. The molecule has 1 saturated heterocycles. The number of thiazole rings is 1. The van der Waals surface area contributed by atoms with Crippen LogP contribution < -0.4 is 9.64 Å². The Bertz CT molecular complexity index is 855. The fraction of sp³-hybridized carbons (Fsp3) is 0.353. The van der Waals surface area contributed by atoms with E-state index in [2.05, 4.69) is 11.1 Å². The average molecular weight is 328 g/mol. The number of rotatable bonds is 2. The average Bonchev–Trinajstić information content (AvgIpc) is 3.06. The molecule has 5 nitrogen and oxygen atoms in total. The van der Waals surface area contributed by atoms with Gasteiger partial charge in [-0.05, 0) is 31.9 Å². The number of carbonyl (C=O) groups excluding carboxylic acids is 2. The van der Waals surface area contributed by atoms with E-state index in [0.29, 0.717) is 23.7 Å². The molecule has 2 aliphatic rings. The second-order valence-corrected chi connectivity index (χ2v) is 7.05. The van der Waals surface area contributed by atoms with Gasteiger partial charge in [-0.1, -0.05) is 23.0 Å². The maximum atomic E-state index is 12.7. The molecule has 1 aromatic carbocycles. The molecule has 2 aromatic rings. The van der Waals surface area contributed by atoms with Crippen LogP contribution in [0.2, 0.25) is 0 Å². The number of ether oxygens (including phenoxy) is 1. The second kappa shape index (κ2) is 5.16. The van der Waals surface area contributed by atoms with E-state index in [9.17, 15) is 9.59 Å². The molecule has 1 aliphatic carbocycles. The van der Waals surface area contributed by atoms with E-state index in [1.165, 1.54) is 21.8 Å². The molecule has 0 unspecified atom stereocenters. The van der Waals surface area contributed by atoms with Gasteiger partial charge in [-0.25, -0.2) is 9.88 Å². The van der Waals surface area contributed by atoms with Gasteiger partial charge in [0.25, 0.3) is 0 Å². The molecule has 6 heteroatoms. The molecular weight excluding hydrogens is 312 g/mol. The normalized spacial score (nSPS) is 24.1. The van der Waals surface area contributed by atoms with Gasteiger partial charge in [0, 0.05) is 6.07 Å². The summed E-state index contributed by atoms with van der Waals surface area (Å²) in [5, 5.41) is 0.468. The summed E-state index contributed by atoms with van der Waals surface area (Å²) in [6.07, 6.45) is 3.39. The third-order valence-electron chi connectivity index (χ3n) is 4.60. The van der Waals surface area contributed by atoms with E-state index in [0.717, 1.165) is 10.2 Å². The summed E-state index contributed by atoms with van der Waals surface area (Å²) in [6.45, 7) is 2.01. The van der Waals surface area contributed by atoms with Crippen molar-refractivity contribution in [2.75, 3.05) is 12.0 Å². The number of hydrogen-bond acceptors (Lipinski definition) is 5. The lowest BCUT2D eigenvalue weighted by molar-refractivity contribution is -0.122.